The van der Waals surface area contributed by atoms with Crippen LogP contribution in [0.2, 0.25) is 0 Å². The molecule has 0 spiro atoms. The molecule has 0 N–H and O–H groups in total. The van der Waals surface area contributed by atoms with Crippen LogP contribution in [-0.4, -0.2) is 33.5 Å². The Labute approximate surface area is 281 Å². The van der Waals surface area contributed by atoms with E-state index in [-0.39, 0.29) is 0 Å². The van der Waals surface area contributed by atoms with Gasteiger partial charge in [0.05, 0.1) is 16.6 Å². The lowest BCUT2D eigenvalue weighted by Gasteiger charge is -2.10. The van der Waals surface area contributed by atoms with E-state index in [1.807, 2.05) is 48.5 Å². The zero-order valence-corrected chi connectivity index (χ0v) is 26.2. The highest BCUT2D eigenvalue weighted by molar-refractivity contribution is 6.09. The summed E-state index contributed by atoms with van der Waals surface area (Å²) in [6, 6.07) is 56.1. The summed E-state index contributed by atoms with van der Waals surface area (Å²) >= 11 is 0. The molecule has 4 aromatic heterocycles. The van der Waals surface area contributed by atoms with E-state index in [2.05, 4.69) is 129 Å². The van der Waals surface area contributed by atoms with Crippen LogP contribution in [0.4, 0.5) is 0 Å². The van der Waals surface area contributed by atoms with Gasteiger partial charge in [-0.1, -0.05) is 133 Å². The van der Waals surface area contributed by atoms with Gasteiger partial charge in [-0.05, 0) is 41.5 Å². The molecule has 0 aliphatic rings. The number of hydrogen-bond acceptors (Lipinski definition) is 4. The SMILES string of the molecule is c1ccc(-c2ccc(-c3nc(-c4ccccc4)nc(-n4c5ccccc5n5c4nc4c6ccccc6n(-c6ccccc6)c45)n3)cc2)cc1. The van der Waals surface area contributed by atoms with Crippen molar-refractivity contribution in [2.45, 2.75) is 0 Å². The molecule has 0 aliphatic carbocycles. The highest BCUT2D eigenvalue weighted by atomic mass is 15.3. The summed E-state index contributed by atoms with van der Waals surface area (Å²) in [5, 5.41) is 1.08. The molecule has 4 heterocycles. The summed E-state index contributed by atoms with van der Waals surface area (Å²) < 4.78 is 6.59. The van der Waals surface area contributed by atoms with E-state index in [0.29, 0.717) is 17.6 Å². The fraction of sp³-hybridized carbons (Fsp3) is 0. The first-order valence-corrected chi connectivity index (χ1v) is 16.3. The maximum atomic E-state index is 5.36. The molecule has 7 nitrogen and oxygen atoms in total. The first-order valence-electron chi connectivity index (χ1n) is 16.3. The molecule has 10 aromatic rings. The van der Waals surface area contributed by atoms with Gasteiger partial charge >= 0.3 is 0 Å². The van der Waals surface area contributed by atoms with Crippen molar-refractivity contribution in [2.24, 2.45) is 0 Å². The van der Waals surface area contributed by atoms with E-state index in [4.69, 9.17) is 19.9 Å². The van der Waals surface area contributed by atoms with E-state index >= 15 is 0 Å². The number of imidazole rings is 2. The van der Waals surface area contributed by atoms with Gasteiger partial charge < -0.3 is 0 Å². The normalized spacial score (nSPS) is 11.7. The molecular weight excluding hydrogens is 603 g/mol. The van der Waals surface area contributed by atoms with Gasteiger partial charge in [-0.15, -0.1) is 0 Å². The summed E-state index contributed by atoms with van der Waals surface area (Å²) in [6.07, 6.45) is 0. The molecule has 0 unspecified atom stereocenters. The highest BCUT2D eigenvalue weighted by Gasteiger charge is 2.25. The van der Waals surface area contributed by atoms with Crippen LogP contribution in [0, 0.1) is 0 Å². The Morgan fingerprint density at radius 2 is 0.878 bits per heavy atom. The standard InChI is InChI=1S/C42H27N7/c1-4-14-28(15-5-1)29-24-26-31(27-25-29)39-44-38(30-16-6-2-7-17-30)45-41(46-39)49-36-23-13-12-22-35(36)48-40-37(43-42(48)49)33-20-10-11-21-34(33)47(40)32-18-8-3-9-19-32/h1-27H. The molecule has 0 amide bonds. The van der Waals surface area contributed by atoms with Crippen LogP contribution in [0.25, 0.3) is 84.4 Å². The van der Waals surface area contributed by atoms with E-state index < -0.39 is 0 Å². The number of hydrogen-bond donors (Lipinski definition) is 0. The highest BCUT2D eigenvalue weighted by Crippen LogP contribution is 2.36. The second-order valence-electron chi connectivity index (χ2n) is 12.0. The predicted molar refractivity (Wildman–Crippen MR) is 196 cm³/mol. The molecule has 0 fully saturated rings. The van der Waals surface area contributed by atoms with Gasteiger partial charge in [0.15, 0.2) is 17.3 Å². The van der Waals surface area contributed by atoms with Crippen LogP contribution >= 0.6 is 0 Å². The molecule has 0 atom stereocenters. The average molecular weight is 630 g/mol. The summed E-state index contributed by atoms with van der Waals surface area (Å²) in [7, 11) is 0. The Morgan fingerprint density at radius 3 is 1.57 bits per heavy atom. The minimum Gasteiger partial charge on any atom is -0.294 e. The largest absolute Gasteiger partial charge is 0.294 e. The second kappa shape index (κ2) is 10.9. The number of rotatable bonds is 5. The fourth-order valence-electron chi connectivity index (χ4n) is 6.88. The summed E-state index contributed by atoms with van der Waals surface area (Å²) in [5.41, 5.74) is 10.2. The van der Waals surface area contributed by atoms with Crippen molar-refractivity contribution in [3.63, 3.8) is 0 Å². The van der Waals surface area contributed by atoms with Crippen molar-refractivity contribution in [1.29, 1.82) is 0 Å². The quantitative estimate of drug-likeness (QED) is 0.190. The maximum absolute atomic E-state index is 5.36. The van der Waals surface area contributed by atoms with Gasteiger partial charge in [0.2, 0.25) is 11.7 Å². The van der Waals surface area contributed by atoms with E-state index in [0.717, 1.165) is 66.8 Å². The van der Waals surface area contributed by atoms with Crippen molar-refractivity contribution in [3.8, 4) is 45.5 Å². The van der Waals surface area contributed by atoms with E-state index in [1.54, 1.807) is 0 Å². The molecular formula is C42H27N7. The topological polar surface area (TPSA) is 65.8 Å². The molecule has 230 valence electrons. The molecule has 6 aromatic carbocycles. The monoisotopic (exact) mass is 629 g/mol. The molecule has 0 saturated heterocycles. The third-order valence-corrected chi connectivity index (χ3v) is 9.13. The van der Waals surface area contributed by atoms with E-state index in [9.17, 15) is 0 Å². The number of benzene rings is 6. The first-order chi connectivity index (χ1) is 24.3. The van der Waals surface area contributed by atoms with Gasteiger partial charge in [-0.3, -0.25) is 8.97 Å². The van der Waals surface area contributed by atoms with Crippen LogP contribution in [0.1, 0.15) is 0 Å². The van der Waals surface area contributed by atoms with Crippen LogP contribution in [0.5, 0.6) is 0 Å². The fourth-order valence-corrected chi connectivity index (χ4v) is 6.88. The Balaban J connectivity index is 1.26. The summed E-state index contributed by atoms with van der Waals surface area (Å²) in [6.45, 7) is 0. The van der Waals surface area contributed by atoms with Crippen molar-refractivity contribution in [1.82, 2.24) is 33.5 Å². The number of fused-ring (bicyclic) bond motifs is 7. The van der Waals surface area contributed by atoms with Crippen LogP contribution in [0.15, 0.2) is 164 Å². The Hall–Kier alpha value is -6.86. The third-order valence-electron chi connectivity index (χ3n) is 9.13. The minimum absolute atomic E-state index is 0.505. The molecule has 0 radical (unpaired) electrons. The molecule has 10 rings (SSSR count). The van der Waals surface area contributed by atoms with Gasteiger partial charge in [0.25, 0.3) is 0 Å². The molecule has 0 saturated carbocycles. The lowest BCUT2D eigenvalue weighted by Crippen LogP contribution is -2.07. The van der Waals surface area contributed by atoms with Crippen molar-refractivity contribution in [2.75, 3.05) is 0 Å². The van der Waals surface area contributed by atoms with Crippen LogP contribution < -0.4 is 0 Å². The lowest BCUT2D eigenvalue weighted by atomic mass is 10.0. The lowest BCUT2D eigenvalue weighted by molar-refractivity contribution is 0.936. The van der Waals surface area contributed by atoms with Crippen LogP contribution in [-0.2, 0) is 0 Å². The van der Waals surface area contributed by atoms with Crippen LogP contribution in [0.3, 0.4) is 0 Å². The van der Waals surface area contributed by atoms with Crippen molar-refractivity contribution < 1.29 is 0 Å². The van der Waals surface area contributed by atoms with Crippen molar-refractivity contribution in [3.05, 3.63) is 164 Å². The predicted octanol–water partition coefficient (Wildman–Crippen LogP) is 9.56. The zero-order chi connectivity index (χ0) is 32.3. The minimum atomic E-state index is 0.505. The van der Waals surface area contributed by atoms with Gasteiger partial charge in [-0.2, -0.15) is 9.97 Å². The summed E-state index contributed by atoms with van der Waals surface area (Å²) in [4.78, 5) is 20.6. The maximum Gasteiger partial charge on any atom is 0.241 e. The van der Waals surface area contributed by atoms with Gasteiger partial charge in [0, 0.05) is 22.2 Å². The average Bonchev–Trinajstić information content (AvgIpc) is 3.82. The molecule has 49 heavy (non-hydrogen) atoms. The Morgan fingerprint density at radius 1 is 0.367 bits per heavy atom. The first kappa shape index (κ1) is 27.3. The third kappa shape index (κ3) is 4.29. The molecule has 7 heteroatoms. The Kier molecular flexibility index (Phi) is 6.04. The Bertz CT molecular complexity index is 2800. The second-order valence-corrected chi connectivity index (χ2v) is 12.0. The van der Waals surface area contributed by atoms with E-state index in [1.165, 1.54) is 0 Å². The van der Waals surface area contributed by atoms with Gasteiger partial charge in [0.1, 0.15) is 5.52 Å². The van der Waals surface area contributed by atoms with Crippen molar-refractivity contribution >= 4 is 38.9 Å². The smallest absolute Gasteiger partial charge is 0.241 e. The van der Waals surface area contributed by atoms with Gasteiger partial charge in [-0.25, -0.2) is 14.5 Å². The molecule has 0 bridgehead atoms. The number of para-hydroxylation sites is 4. The number of nitrogens with zero attached hydrogens (tertiary/aromatic N) is 7. The zero-order valence-electron chi connectivity index (χ0n) is 26.2. The summed E-state index contributed by atoms with van der Waals surface area (Å²) in [5.74, 6) is 2.43. The molecule has 0 aliphatic heterocycles. The number of aromatic nitrogens is 7.